The molecule has 0 aliphatic carbocycles. The van der Waals surface area contributed by atoms with Crippen molar-refractivity contribution in [2.24, 2.45) is 11.3 Å². The molecule has 2 aliphatic rings. The summed E-state index contributed by atoms with van der Waals surface area (Å²) in [6.07, 6.45) is 3.01. The van der Waals surface area contributed by atoms with E-state index < -0.39 is 0 Å². The molecule has 116 valence electrons. The summed E-state index contributed by atoms with van der Waals surface area (Å²) in [4.78, 5) is 17.0. The Labute approximate surface area is 131 Å². The Morgan fingerprint density at radius 3 is 3.00 bits per heavy atom. The number of rotatable bonds is 3. The van der Waals surface area contributed by atoms with E-state index in [2.05, 4.69) is 42.4 Å². The van der Waals surface area contributed by atoms with Gasteiger partial charge >= 0.3 is 0 Å². The highest BCUT2D eigenvalue weighted by Crippen LogP contribution is 2.42. The van der Waals surface area contributed by atoms with Crippen molar-refractivity contribution in [3.8, 4) is 0 Å². The molecule has 0 radical (unpaired) electrons. The van der Waals surface area contributed by atoms with Crippen molar-refractivity contribution in [3.63, 3.8) is 0 Å². The van der Waals surface area contributed by atoms with Crippen LogP contribution in [0.25, 0.3) is 0 Å². The first-order valence-electron chi connectivity index (χ1n) is 8.18. The predicted octanol–water partition coefficient (Wildman–Crippen LogP) is 3.22. The first-order valence-corrected chi connectivity index (χ1v) is 9.06. The minimum absolute atomic E-state index is 0.194. The zero-order valence-electron chi connectivity index (χ0n) is 13.3. The lowest BCUT2D eigenvalue weighted by Crippen LogP contribution is -2.51. The van der Waals surface area contributed by atoms with Gasteiger partial charge in [-0.1, -0.05) is 20.8 Å². The molecular formula is C17H26N2OS. The van der Waals surface area contributed by atoms with Gasteiger partial charge in [0.05, 0.1) is 11.5 Å². The van der Waals surface area contributed by atoms with Crippen molar-refractivity contribution in [2.75, 3.05) is 19.6 Å². The molecule has 2 atom stereocenters. The number of hydrogen-bond acceptors (Lipinski definition) is 3. The standard InChI is InChI=1S/C17H26N2OS/c1-4-14-13-6-10-21-15(13)5-9-19(14)16(20)17(12(2)3)7-8-18-11-17/h6,10,12,14,18H,4-5,7-9,11H2,1-3H3. The van der Waals surface area contributed by atoms with Gasteiger partial charge in [-0.3, -0.25) is 4.79 Å². The Morgan fingerprint density at radius 2 is 2.38 bits per heavy atom. The summed E-state index contributed by atoms with van der Waals surface area (Å²) >= 11 is 1.85. The topological polar surface area (TPSA) is 32.3 Å². The van der Waals surface area contributed by atoms with Crippen LogP contribution in [-0.2, 0) is 11.2 Å². The Hall–Kier alpha value is -0.870. The molecule has 0 bridgehead atoms. The lowest BCUT2D eigenvalue weighted by atomic mass is 9.74. The Kier molecular flexibility index (Phi) is 4.10. The van der Waals surface area contributed by atoms with Crippen LogP contribution in [-0.4, -0.2) is 30.4 Å². The van der Waals surface area contributed by atoms with Gasteiger partial charge in [-0.15, -0.1) is 11.3 Å². The van der Waals surface area contributed by atoms with E-state index in [1.54, 1.807) is 0 Å². The van der Waals surface area contributed by atoms with Gasteiger partial charge in [-0.25, -0.2) is 0 Å². The van der Waals surface area contributed by atoms with Crippen molar-refractivity contribution in [3.05, 3.63) is 21.9 Å². The van der Waals surface area contributed by atoms with Crippen LogP contribution in [0.1, 0.15) is 50.1 Å². The highest BCUT2D eigenvalue weighted by atomic mass is 32.1. The van der Waals surface area contributed by atoms with Gasteiger partial charge in [0.1, 0.15) is 0 Å². The second-order valence-corrected chi connectivity index (χ2v) is 7.71. The fourth-order valence-corrected chi connectivity index (χ4v) is 4.93. The Bertz CT molecular complexity index is 517. The first-order chi connectivity index (χ1) is 10.1. The van der Waals surface area contributed by atoms with Gasteiger partial charge in [0, 0.05) is 18.0 Å². The molecule has 4 heteroatoms. The van der Waals surface area contributed by atoms with Gasteiger partial charge in [-0.2, -0.15) is 0 Å². The number of thiophene rings is 1. The molecule has 21 heavy (non-hydrogen) atoms. The second kappa shape index (κ2) is 5.73. The van der Waals surface area contributed by atoms with E-state index in [1.165, 1.54) is 10.4 Å². The molecule has 1 saturated heterocycles. The van der Waals surface area contributed by atoms with Crippen LogP contribution in [0, 0.1) is 11.3 Å². The summed E-state index contributed by atoms with van der Waals surface area (Å²) < 4.78 is 0. The van der Waals surface area contributed by atoms with E-state index in [9.17, 15) is 4.79 Å². The quantitative estimate of drug-likeness (QED) is 0.930. The van der Waals surface area contributed by atoms with Crippen LogP contribution in [0.3, 0.4) is 0 Å². The van der Waals surface area contributed by atoms with Gasteiger partial charge < -0.3 is 10.2 Å². The number of fused-ring (bicyclic) bond motifs is 1. The van der Waals surface area contributed by atoms with E-state index in [1.807, 2.05) is 11.3 Å². The van der Waals surface area contributed by atoms with Crippen molar-refractivity contribution in [1.82, 2.24) is 10.2 Å². The highest BCUT2D eigenvalue weighted by molar-refractivity contribution is 7.10. The third-order valence-electron chi connectivity index (χ3n) is 5.46. The van der Waals surface area contributed by atoms with Gasteiger partial charge in [-0.05, 0) is 48.7 Å². The molecule has 0 aromatic carbocycles. The fraction of sp³-hybridized carbons (Fsp3) is 0.706. The summed E-state index contributed by atoms with van der Waals surface area (Å²) in [5.74, 6) is 0.771. The van der Waals surface area contributed by atoms with Gasteiger partial charge in [0.2, 0.25) is 5.91 Å². The molecule has 1 aromatic rings. The summed E-state index contributed by atoms with van der Waals surface area (Å²) in [6.45, 7) is 9.30. The van der Waals surface area contributed by atoms with E-state index in [-0.39, 0.29) is 11.5 Å². The molecule has 2 unspecified atom stereocenters. The minimum Gasteiger partial charge on any atom is -0.335 e. The molecule has 1 fully saturated rings. The van der Waals surface area contributed by atoms with Crippen LogP contribution >= 0.6 is 11.3 Å². The summed E-state index contributed by atoms with van der Waals surface area (Å²) in [5, 5.41) is 5.59. The fourth-order valence-electron chi connectivity index (χ4n) is 4.00. The molecule has 3 nitrogen and oxygen atoms in total. The number of carbonyl (C=O) groups is 1. The second-order valence-electron chi connectivity index (χ2n) is 6.71. The monoisotopic (exact) mass is 306 g/mol. The average Bonchev–Trinajstić information content (AvgIpc) is 3.14. The highest BCUT2D eigenvalue weighted by Gasteiger charge is 2.48. The third-order valence-corrected chi connectivity index (χ3v) is 6.46. The average molecular weight is 306 g/mol. The molecule has 0 saturated carbocycles. The molecule has 2 aliphatic heterocycles. The molecule has 0 spiro atoms. The van der Waals surface area contributed by atoms with Crippen LogP contribution < -0.4 is 5.32 Å². The van der Waals surface area contributed by atoms with E-state index in [4.69, 9.17) is 0 Å². The van der Waals surface area contributed by atoms with Crippen LogP contribution in [0.15, 0.2) is 11.4 Å². The normalized spacial score (nSPS) is 29.0. The third kappa shape index (κ3) is 2.33. The maximum absolute atomic E-state index is 13.4. The summed E-state index contributed by atoms with van der Waals surface area (Å²) in [6, 6.07) is 2.51. The number of hydrogen-bond donors (Lipinski definition) is 1. The van der Waals surface area contributed by atoms with Crippen molar-refractivity contribution < 1.29 is 4.79 Å². The molecule has 1 aromatic heterocycles. The van der Waals surface area contributed by atoms with Crippen LogP contribution in [0.4, 0.5) is 0 Å². The summed E-state index contributed by atoms with van der Waals surface area (Å²) in [7, 11) is 0. The van der Waals surface area contributed by atoms with E-state index in [0.29, 0.717) is 11.8 Å². The Morgan fingerprint density at radius 1 is 1.57 bits per heavy atom. The van der Waals surface area contributed by atoms with Crippen molar-refractivity contribution >= 4 is 17.2 Å². The maximum atomic E-state index is 13.4. The van der Waals surface area contributed by atoms with Gasteiger partial charge in [0.25, 0.3) is 0 Å². The lowest BCUT2D eigenvalue weighted by Gasteiger charge is -2.42. The summed E-state index contributed by atoms with van der Waals surface area (Å²) in [5.41, 5.74) is 1.20. The van der Waals surface area contributed by atoms with Crippen LogP contribution in [0.5, 0.6) is 0 Å². The van der Waals surface area contributed by atoms with Crippen LogP contribution in [0.2, 0.25) is 0 Å². The van der Waals surface area contributed by atoms with Crippen molar-refractivity contribution in [2.45, 2.75) is 46.1 Å². The van der Waals surface area contributed by atoms with Crippen molar-refractivity contribution in [1.29, 1.82) is 0 Å². The Balaban J connectivity index is 1.91. The number of carbonyl (C=O) groups excluding carboxylic acids is 1. The predicted molar refractivity (Wildman–Crippen MR) is 87.5 cm³/mol. The molecular weight excluding hydrogens is 280 g/mol. The number of amides is 1. The molecule has 3 heterocycles. The van der Waals surface area contributed by atoms with E-state index >= 15 is 0 Å². The number of nitrogens with one attached hydrogen (secondary N) is 1. The maximum Gasteiger partial charge on any atom is 0.230 e. The number of nitrogens with zero attached hydrogens (tertiary/aromatic N) is 1. The molecule has 3 rings (SSSR count). The smallest absolute Gasteiger partial charge is 0.230 e. The molecule has 1 N–H and O–H groups in total. The lowest BCUT2D eigenvalue weighted by molar-refractivity contribution is -0.147. The van der Waals surface area contributed by atoms with E-state index in [0.717, 1.165) is 38.9 Å². The SMILES string of the molecule is CCC1c2ccsc2CCN1C(=O)C1(C(C)C)CCNC1. The molecule has 1 amide bonds. The van der Waals surface area contributed by atoms with Gasteiger partial charge in [0.15, 0.2) is 0 Å². The minimum atomic E-state index is -0.194. The zero-order chi connectivity index (χ0) is 15.0. The largest absolute Gasteiger partial charge is 0.335 e. The zero-order valence-corrected chi connectivity index (χ0v) is 14.1. The first kappa shape index (κ1) is 15.0.